The molecule has 1 atom stereocenters. The molecular weight excluding hydrogens is 395 g/mol. The molecule has 1 amide bonds. The zero-order valence-corrected chi connectivity index (χ0v) is 17.3. The molecule has 5 nitrogen and oxygen atoms in total. The minimum atomic E-state index is -4.45. The molecule has 8 heteroatoms. The predicted molar refractivity (Wildman–Crippen MR) is 108 cm³/mol. The molecule has 0 radical (unpaired) electrons. The van der Waals surface area contributed by atoms with E-state index in [1.165, 1.54) is 11.8 Å². The number of hydrogen-bond donors (Lipinski definition) is 2. The fourth-order valence-electron chi connectivity index (χ4n) is 3.41. The van der Waals surface area contributed by atoms with Crippen molar-refractivity contribution in [3.8, 4) is 0 Å². The van der Waals surface area contributed by atoms with E-state index in [1.54, 1.807) is 6.07 Å². The van der Waals surface area contributed by atoms with Crippen molar-refractivity contribution in [2.75, 3.05) is 5.32 Å². The summed E-state index contributed by atoms with van der Waals surface area (Å²) in [5.41, 5.74) is 2.25. The zero-order valence-electron chi connectivity index (χ0n) is 17.3. The number of hydrogen-bond acceptors (Lipinski definition) is 4. The van der Waals surface area contributed by atoms with Gasteiger partial charge in [0.05, 0.1) is 0 Å². The molecule has 0 aliphatic heterocycles. The van der Waals surface area contributed by atoms with Crippen molar-refractivity contribution in [1.29, 1.82) is 0 Å². The number of carbonyl (C=O) groups is 1. The first-order chi connectivity index (χ1) is 14.0. The largest absolute Gasteiger partial charge is 0.444 e. The van der Waals surface area contributed by atoms with Crippen molar-refractivity contribution in [1.82, 2.24) is 10.3 Å². The van der Waals surface area contributed by atoms with E-state index in [9.17, 15) is 18.0 Å². The Balaban J connectivity index is 1.58. The van der Waals surface area contributed by atoms with Crippen LogP contribution in [0.3, 0.4) is 0 Å². The van der Waals surface area contributed by atoms with Crippen molar-refractivity contribution >= 4 is 11.8 Å². The summed E-state index contributed by atoms with van der Waals surface area (Å²) in [5, 5.41) is 6.09. The van der Waals surface area contributed by atoms with E-state index in [0.717, 1.165) is 30.2 Å². The minimum Gasteiger partial charge on any atom is -0.444 e. The topological polar surface area (TPSA) is 63.2 Å². The maximum Gasteiger partial charge on any atom is 0.433 e. The van der Waals surface area contributed by atoms with Crippen LogP contribution in [0.4, 0.5) is 23.7 Å². The molecule has 0 saturated heterocycles. The number of ether oxygens (including phenoxy) is 1. The van der Waals surface area contributed by atoms with Crippen LogP contribution in [0.25, 0.3) is 0 Å². The highest BCUT2D eigenvalue weighted by Gasteiger charge is 2.32. The summed E-state index contributed by atoms with van der Waals surface area (Å²) in [7, 11) is 0. The quantitative estimate of drug-likeness (QED) is 0.722. The van der Waals surface area contributed by atoms with Crippen LogP contribution in [-0.2, 0) is 30.3 Å². The number of anilines is 1. The second-order valence-electron chi connectivity index (χ2n) is 8.47. The van der Waals surface area contributed by atoms with Crippen LogP contribution in [0.1, 0.15) is 49.6 Å². The molecule has 1 heterocycles. The molecule has 0 bridgehead atoms. The Hall–Kier alpha value is -2.77. The molecule has 2 aromatic rings. The van der Waals surface area contributed by atoms with Crippen molar-refractivity contribution < 1.29 is 22.7 Å². The molecule has 1 aliphatic carbocycles. The van der Waals surface area contributed by atoms with Crippen molar-refractivity contribution in [2.24, 2.45) is 0 Å². The van der Waals surface area contributed by atoms with E-state index >= 15 is 0 Å². The first-order valence-electron chi connectivity index (χ1n) is 9.87. The third-order valence-corrected chi connectivity index (χ3v) is 4.77. The van der Waals surface area contributed by atoms with Crippen LogP contribution < -0.4 is 10.6 Å². The molecule has 0 saturated carbocycles. The summed E-state index contributed by atoms with van der Waals surface area (Å²) < 4.78 is 43.7. The second kappa shape index (κ2) is 8.53. The highest BCUT2D eigenvalue weighted by Crippen LogP contribution is 2.28. The van der Waals surface area contributed by atoms with E-state index in [-0.39, 0.29) is 12.6 Å². The number of rotatable bonds is 4. The van der Waals surface area contributed by atoms with E-state index in [2.05, 4.69) is 15.6 Å². The first kappa shape index (κ1) is 21.9. The summed E-state index contributed by atoms with van der Waals surface area (Å²) in [6, 6.07) is 8.55. The predicted octanol–water partition coefficient (Wildman–Crippen LogP) is 5.09. The Bertz CT molecular complexity index is 907. The number of carbonyl (C=O) groups excluding carboxylic acids is 1. The second-order valence-corrected chi connectivity index (χ2v) is 8.47. The van der Waals surface area contributed by atoms with Crippen LogP contribution in [0, 0.1) is 0 Å². The molecule has 0 spiro atoms. The Morgan fingerprint density at radius 2 is 1.93 bits per heavy atom. The fourth-order valence-corrected chi connectivity index (χ4v) is 3.41. The maximum absolute atomic E-state index is 12.8. The lowest BCUT2D eigenvalue weighted by atomic mass is 9.88. The van der Waals surface area contributed by atoms with Gasteiger partial charge in [-0.1, -0.05) is 6.07 Å². The molecule has 0 fully saturated rings. The van der Waals surface area contributed by atoms with Gasteiger partial charge in [-0.25, -0.2) is 4.79 Å². The summed E-state index contributed by atoms with van der Waals surface area (Å²) in [4.78, 5) is 15.4. The molecule has 162 valence electrons. The van der Waals surface area contributed by atoms with Gasteiger partial charge in [-0.05, 0) is 81.0 Å². The van der Waals surface area contributed by atoms with Crippen LogP contribution in [0.2, 0.25) is 0 Å². The van der Waals surface area contributed by atoms with Gasteiger partial charge in [0.2, 0.25) is 0 Å². The van der Waals surface area contributed by atoms with Crippen LogP contribution in [-0.4, -0.2) is 22.7 Å². The number of nitrogens with one attached hydrogen (secondary N) is 2. The highest BCUT2D eigenvalue weighted by atomic mass is 19.4. The van der Waals surface area contributed by atoms with Gasteiger partial charge in [0.25, 0.3) is 0 Å². The minimum absolute atomic E-state index is 0.0174. The van der Waals surface area contributed by atoms with E-state index in [1.807, 2.05) is 39.0 Å². The highest BCUT2D eigenvalue weighted by molar-refractivity contribution is 5.68. The zero-order chi connectivity index (χ0) is 21.9. The van der Waals surface area contributed by atoms with Gasteiger partial charge in [0.1, 0.15) is 11.3 Å². The van der Waals surface area contributed by atoms with Gasteiger partial charge < -0.3 is 15.4 Å². The van der Waals surface area contributed by atoms with Gasteiger partial charge in [-0.2, -0.15) is 13.2 Å². The molecule has 1 aromatic heterocycles. The summed E-state index contributed by atoms with van der Waals surface area (Å²) in [5.74, 6) is 0. The third-order valence-electron chi connectivity index (χ3n) is 4.77. The lowest BCUT2D eigenvalue weighted by Crippen LogP contribution is -2.41. The molecule has 1 aliphatic rings. The number of pyridine rings is 1. The lowest BCUT2D eigenvalue weighted by molar-refractivity contribution is -0.141. The summed E-state index contributed by atoms with van der Waals surface area (Å²) >= 11 is 0. The maximum atomic E-state index is 12.8. The molecular formula is C22H26F3N3O2. The average Bonchev–Trinajstić information content (AvgIpc) is 2.64. The van der Waals surface area contributed by atoms with E-state index in [0.29, 0.717) is 12.0 Å². The van der Waals surface area contributed by atoms with Crippen molar-refractivity contribution in [3.63, 3.8) is 0 Å². The van der Waals surface area contributed by atoms with Crippen LogP contribution in [0.5, 0.6) is 0 Å². The normalized spacial score (nSPS) is 16.5. The molecule has 3 rings (SSSR count). The Labute approximate surface area is 174 Å². The number of amides is 1. The summed E-state index contributed by atoms with van der Waals surface area (Å²) in [6.07, 6.45) is -1.37. The summed E-state index contributed by atoms with van der Waals surface area (Å²) in [6.45, 7) is 5.75. The number of alkyl halides is 3. The Morgan fingerprint density at radius 3 is 2.63 bits per heavy atom. The van der Waals surface area contributed by atoms with Gasteiger partial charge in [-0.3, -0.25) is 4.98 Å². The van der Waals surface area contributed by atoms with E-state index < -0.39 is 23.6 Å². The standard InChI is InChI=1S/C22H26F3N3O2/c1-21(2,3)30-20(29)28-18-7-5-15-11-17(6-4-16(15)12-18)27-13-14-8-9-26-19(10-14)22(23,24)25/h4,6,8-11,18,27H,5,7,12-13H2,1-3H3,(H,28,29). The average molecular weight is 421 g/mol. The van der Waals surface area contributed by atoms with Crippen LogP contribution >= 0.6 is 0 Å². The molecule has 1 unspecified atom stereocenters. The molecule has 1 aromatic carbocycles. The number of benzene rings is 1. The molecule has 2 N–H and O–H groups in total. The number of fused-ring (bicyclic) bond motifs is 1. The van der Waals surface area contributed by atoms with Gasteiger partial charge in [0, 0.05) is 24.5 Å². The SMILES string of the molecule is CC(C)(C)OC(=O)NC1CCc2cc(NCc3ccnc(C(F)(F)F)c3)ccc2C1. The number of aromatic nitrogens is 1. The van der Waals surface area contributed by atoms with Crippen LogP contribution in [0.15, 0.2) is 36.5 Å². The smallest absolute Gasteiger partial charge is 0.433 e. The molecule has 30 heavy (non-hydrogen) atoms. The fraction of sp³-hybridized carbons (Fsp3) is 0.455. The monoisotopic (exact) mass is 421 g/mol. The first-order valence-corrected chi connectivity index (χ1v) is 9.87. The van der Waals surface area contributed by atoms with Crippen molar-refractivity contribution in [3.05, 3.63) is 58.9 Å². The number of nitrogens with zero attached hydrogens (tertiary/aromatic N) is 1. The van der Waals surface area contributed by atoms with Gasteiger partial charge in [-0.15, -0.1) is 0 Å². The lowest BCUT2D eigenvalue weighted by Gasteiger charge is -2.27. The Morgan fingerprint density at radius 1 is 1.17 bits per heavy atom. The number of halogens is 3. The third kappa shape index (κ3) is 6.11. The number of alkyl carbamates (subject to hydrolysis) is 1. The van der Waals surface area contributed by atoms with Gasteiger partial charge >= 0.3 is 12.3 Å². The number of aryl methyl sites for hydroxylation is 1. The Kier molecular flexibility index (Phi) is 6.24. The van der Waals surface area contributed by atoms with Gasteiger partial charge in [0.15, 0.2) is 0 Å². The van der Waals surface area contributed by atoms with Crippen molar-refractivity contribution in [2.45, 2.75) is 64.4 Å². The van der Waals surface area contributed by atoms with E-state index in [4.69, 9.17) is 4.74 Å².